The molecule has 3 heteroatoms. The van der Waals surface area contributed by atoms with Crippen molar-refractivity contribution in [2.24, 2.45) is 0 Å². The summed E-state index contributed by atoms with van der Waals surface area (Å²) in [7, 11) is 3.41. The van der Waals surface area contributed by atoms with Crippen LogP contribution in [0.1, 0.15) is 15.9 Å². The van der Waals surface area contributed by atoms with Gasteiger partial charge in [-0.05, 0) is 23.8 Å². The second-order valence-corrected chi connectivity index (χ2v) is 3.61. The van der Waals surface area contributed by atoms with Gasteiger partial charge in [0.05, 0.1) is 0 Å². The number of hydrogen-bond acceptors (Lipinski definition) is 1. The first-order valence-electron chi connectivity index (χ1n) is 4.19. The number of benzene rings is 1. The summed E-state index contributed by atoms with van der Waals surface area (Å²) in [6.45, 7) is 3.63. The van der Waals surface area contributed by atoms with E-state index in [9.17, 15) is 4.79 Å². The molecule has 74 valence electrons. The zero-order chi connectivity index (χ0) is 10.7. The van der Waals surface area contributed by atoms with Crippen LogP contribution in [-0.2, 0) is 0 Å². The minimum Gasteiger partial charge on any atom is -0.345 e. The monoisotopic (exact) mass is 209 g/mol. The van der Waals surface area contributed by atoms with Crippen molar-refractivity contribution in [1.29, 1.82) is 0 Å². The number of carbonyl (C=O) groups excluding carboxylic acids is 1. The van der Waals surface area contributed by atoms with Gasteiger partial charge in [0.1, 0.15) is 0 Å². The molecule has 0 spiro atoms. The van der Waals surface area contributed by atoms with Crippen LogP contribution in [0.2, 0.25) is 5.02 Å². The van der Waals surface area contributed by atoms with Crippen LogP contribution in [-0.4, -0.2) is 24.9 Å². The van der Waals surface area contributed by atoms with E-state index in [0.29, 0.717) is 10.6 Å². The molecule has 0 bridgehead atoms. The second-order valence-electron chi connectivity index (χ2n) is 3.18. The van der Waals surface area contributed by atoms with Crippen LogP contribution in [0, 0.1) is 0 Å². The summed E-state index contributed by atoms with van der Waals surface area (Å²) < 4.78 is 0. The number of nitrogens with zero attached hydrogens (tertiary/aromatic N) is 1. The molecule has 0 saturated carbocycles. The zero-order valence-electron chi connectivity index (χ0n) is 8.25. The Morgan fingerprint density at radius 1 is 1.43 bits per heavy atom. The molecule has 0 saturated heterocycles. The summed E-state index contributed by atoms with van der Waals surface area (Å²) in [5.41, 5.74) is 1.43. The molecule has 1 aromatic carbocycles. The Balaban J connectivity index is 3.15. The Kier molecular flexibility index (Phi) is 3.31. The first kappa shape index (κ1) is 10.8. The van der Waals surface area contributed by atoms with E-state index in [1.165, 1.54) is 4.90 Å². The summed E-state index contributed by atoms with van der Waals surface area (Å²) in [5, 5.41) is 0.549. The van der Waals surface area contributed by atoms with Gasteiger partial charge in [-0.15, -0.1) is 0 Å². The van der Waals surface area contributed by atoms with Crippen LogP contribution in [0.4, 0.5) is 0 Å². The van der Waals surface area contributed by atoms with Gasteiger partial charge in [0.2, 0.25) is 0 Å². The van der Waals surface area contributed by atoms with Crippen LogP contribution >= 0.6 is 11.6 Å². The lowest BCUT2D eigenvalue weighted by Gasteiger charge is -2.10. The molecule has 0 radical (unpaired) electrons. The van der Waals surface area contributed by atoms with Crippen LogP contribution in [0.15, 0.2) is 24.8 Å². The zero-order valence-corrected chi connectivity index (χ0v) is 9.01. The van der Waals surface area contributed by atoms with Crippen molar-refractivity contribution in [1.82, 2.24) is 4.90 Å². The molecule has 0 atom stereocenters. The fourth-order valence-electron chi connectivity index (χ4n) is 1.11. The number of hydrogen-bond donors (Lipinski definition) is 0. The van der Waals surface area contributed by atoms with E-state index in [0.717, 1.165) is 5.56 Å². The summed E-state index contributed by atoms with van der Waals surface area (Å²) in [5.74, 6) is -0.0596. The predicted molar refractivity (Wildman–Crippen MR) is 59.6 cm³/mol. The molecule has 14 heavy (non-hydrogen) atoms. The van der Waals surface area contributed by atoms with E-state index in [1.807, 2.05) is 0 Å². The average Bonchev–Trinajstić information content (AvgIpc) is 2.15. The smallest absolute Gasteiger partial charge is 0.253 e. The number of amides is 1. The van der Waals surface area contributed by atoms with E-state index < -0.39 is 0 Å². The van der Waals surface area contributed by atoms with Crippen LogP contribution < -0.4 is 0 Å². The highest BCUT2D eigenvalue weighted by atomic mass is 35.5. The van der Waals surface area contributed by atoms with Crippen molar-refractivity contribution < 1.29 is 4.79 Å². The van der Waals surface area contributed by atoms with Gasteiger partial charge in [-0.2, -0.15) is 0 Å². The van der Waals surface area contributed by atoms with Crippen molar-refractivity contribution in [2.75, 3.05) is 14.1 Å². The topological polar surface area (TPSA) is 20.3 Å². The molecule has 0 aliphatic rings. The van der Waals surface area contributed by atoms with Gasteiger partial charge in [-0.25, -0.2) is 0 Å². The Morgan fingerprint density at radius 3 is 2.57 bits per heavy atom. The lowest BCUT2D eigenvalue weighted by Crippen LogP contribution is -2.21. The van der Waals surface area contributed by atoms with Gasteiger partial charge in [-0.3, -0.25) is 4.79 Å². The number of rotatable bonds is 2. The van der Waals surface area contributed by atoms with Crippen molar-refractivity contribution in [3.8, 4) is 0 Å². The first-order chi connectivity index (χ1) is 6.54. The maximum Gasteiger partial charge on any atom is 0.253 e. The Labute approximate surface area is 88.8 Å². The lowest BCUT2D eigenvalue weighted by atomic mass is 10.1. The maximum atomic E-state index is 11.6. The number of carbonyl (C=O) groups is 1. The van der Waals surface area contributed by atoms with E-state index >= 15 is 0 Å². The van der Waals surface area contributed by atoms with Crippen LogP contribution in [0.3, 0.4) is 0 Å². The highest BCUT2D eigenvalue weighted by Gasteiger charge is 2.08. The van der Waals surface area contributed by atoms with Crippen molar-refractivity contribution >= 4 is 23.6 Å². The molecule has 0 aliphatic carbocycles. The lowest BCUT2D eigenvalue weighted by molar-refractivity contribution is 0.0827. The average molecular weight is 210 g/mol. The Hall–Kier alpha value is -1.28. The number of halogens is 1. The van der Waals surface area contributed by atoms with Crippen LogP contribution in [0.25, 0.3) is 6.08 Å². The van der Waals surface area contributed by atoms with Gasteiger partial charge in [0, 0.05) is 24.7 Å². The van der Waals surface area contributed by atoms with Gasteiger partial charge >= 0.3 is 0 Å². The normalized spacial score (nSPS) is 9.64. The fourth-order valence-corrected chi connectivity index (χ4v) is 1.36. The summed E-state index contributed by atoms with van der Waals surface area (Å²) in [6, 6.07) is 5.18. The summed E-state index contributed by atoms with van der Waals surface area (Å²) >= 11 is 5.86. The minimum absolute atomic E-state index is 0.0596. The molecule has 1 amide bonds. The molecule has 2 nitrogen and oxygen atoms in total. The molecule has 0 N–H and O–H groups in total. The first-order valence-corrected chi connectivity index (χ1v) is 4.57. The summed E-state index contributed by atoms with van der Waals surface area (Å²) in [6.07, 6.45) is 1.66. The predicted octanol–water partition coefficient (Wildman–Crippen LogP) is 2.68. The van der Waals surface area contributed by atoms with E-state index in [4.69, 9.17) is 11.6 Å². The molecule has 0 aliphatic heterocycles. The Bertz CT molecular complexity index is 372. The molecular weight excluding hydrogens is 198 g/mol. The third-order valence-corrected chi connectivity index (χ3v) is 2.03. The molecule has 1 rings (SSSR count). The minimum atomic E-state index is -0.0596. The summed E-state index contributed by atoms with van der Waals surface area (Å²) in [4.78, 5) is 13.1. The Morgan fingerprint density at radius 2 is 2.07 bits per heavy atom. The van der Waals surface area contributed by atoms with E-state index in [1.54, 1.807) is 38.4 Å². The van der Waals surface area contributed by atoms with Crippen LogP contribution in [0.5, 0.6) is 0 Å². The quantitative estimate of drug-likeness (QED) is 0.734. The largest absolute Gasteiger partial charge is 0.345 e. The highest BCUT2D eigenvalue weighted by Crippen LogP contribution is 2.16. The molecule has 1 aromatic rings. The van der Waals surface area contributed by atoms with Gasteiger partial charge in [-0.1, -0.05) is 24.3 Å². The van der Waals surface area contributed by atoms with E-state index in [-0.39, 0.29) is 5.91 Å². The molecular formula is C11H12ClNO. The van der Waals surface area contributed by atoms with Crippen molar-refractivity contribution in [3.05, 3.63) is 40.9 Å². The molecule has 0 unspecified atom stereocenters. The third-order valence-electron chi connectivity index (χ3n) is 1.81. The van der Waals surface area contributed by atoms with Crippen molar-refractivity contribution in [2.45, 2.75) is 0 Å². The second kappa shape index (κ2) is 4.29. The van der Waals surface area contributed by atoms with E-state index in [2.05, 4.69) is 6.58 Å². The molecule has 0 aromatic heterocycles. The maximum absolute atomic E-state index is 11.6. The van der Waals surface area contributed by atoms with Gasteiger partial charge in [0.15, 0.2) is 0 Å². The SMILES string of the molecule is C=Cc1cc(Cl)cc(C(=O)N(C)C)c1. The van der Waals surface area contributed by atoms with Gasteiger partial charge in [0.25, 0.3) is 5.91 Å². The standard InChI is InChI=1S/C11H12ClNO/c1-4-8-5-9(7-10(12)6-8)11(14)13(2)3/h4-7H,1H2,2-3H3. The van der Waals surface area contributed by atoms with Gasteiger partial charge < -0.3 is 4.90 Å². The fraction of sp³-hybridized carbons (Fsp3) is 0.182. The van der Waals surface area contributed by atoms with Crippen molar-refractivity contribution in [3.63, 3.8) is 0 Å². The molecule has 0 heterocycles. The third kappa shape index (κ3) is 2.36. The molecule has 0 fully saturated rings. The highest BCUT2D eigenvalue weighted by molar-refractivity contribution is 6.31.